The van der Waals surface area contributed by atoms with E-state index < -0.39 is 12.2 Å². The first kappa shape index (κ1) is 10.4. The Hall–Kier alpha value is -1.59. The second-order valence-corrected chi connectivity index (χ2v) is 2.03. The van der Waals surface area contributed by atoms with Gasteiger partial charge in [0, 0.05) is 13.0 Å². The Balaban J connectivity index is 3.88. The molecule has 0 aromatic rings. The number of nitrogens with zero attached hydrogens (tertiary/aromatic N) is 1. The quantitative estimate of drug-likeness (QED) is 0.482. The van der Waals surface area contributed by atoms with Crippen molar-refractivity contribution in [2.24, 2.45) is 0 Å². The molecule has 0 unspecified atom stereocenters. The highest BCUT2D eigenvalue weighted by molar-refractivity contribution is 5.85. The van der Waals surface area contributed by atoms with Crippen molar-refractivity contribution in [1.82, 2.24) is 4.90 Å². The van der Waals surface area contributed by atoms with Crippen LogP contribution in [0.1, 0.15) is 12.8 Å². The van der Waals surface area contributed by atoms with Gasteiger partial charge in [-0.05, 0) is 6.42 Å². The molecule has 0 rings (SSSR count). The minimum absolute atomic E-state index is 0.163. The second-order valence-electron chi connectivity index (χ2n) is 2.03. The number of hydrogen-bond donors (Lipinski definition) is 2. The Morgan fingerprint density at radius 3 is 2.08 bits per heavy atom. The summed E-state index contributed by atoms with van der Waals surface area (Å²) in [5.41, 5.74) is 0. The molecule has 0 aromatic carbocycles. The molecule has 0 saturated carbocycles. The van der Waals surface area contributed by atoms with Gasteiger partial charge in [0.25, 0.3) is 0 Å². The van der Waals surface area contributed by atoms with Gasteiger partial charge >= 0.3 is 12.2 Å². The Labute approximate surface area is 68.4 Å². The summed E-state index contributed by atoms with van der Waals surface area (Å²) in [7, 11) is 0. The average Bonchev–Trinajstić information content (AvgIpc) is 1.96. The molecule has 0 atom stereocenters. The van der Waals surface area contributed by atoms with Crippen LogP contribution in [0.2, 0.25) is 0 Å². The predicted molar refractivity (Wildman–Crippen MR) is 38.1 cm³/mol. The van der Waals surface area contributed by atoms with Crippen LogP contribution in [0.25, 0.3) is 0 Å². The summed E-state index contributed by atoms with van der Waals surface area (Å²) >= 11 is 0. The molecule has 0 aliphatic heterocycles. The number of hydrogen-bond acceptors (Lipinski definition) is 3. The molecule has 0 spiro atoms. The van der Waals surface area contributed by atoms with Crippen LogP contribution in [0.3, 0.4) is 0 Å². The van der Waals surface area contributed by atoms with Gasteiger partial charge in [0.05, 0.1) is 0 Å². The van der Waals surface area contributed by atoms with Crippen LogP contribution < -0.4 is 0 Å². The fourth-order valence-electron chi connectivity index (χ4n) is 0.606. The fourth-order valence-corrected chi connectivity index (χ4v) is 0.606. The highest BCUT2D eigenvalue weighted by Crippen LogP contribution is 1.95. The van der Waals surface area contributed by atoms with Crippen LogP contribution in [0.15, 0.2) is 0 Å². The van der Waals surface area contributed by atoms with Gasteiger partial charge in [-0.1, -0.05) is 0 Å². The average molecular weight is 175 g/mol. The third kappa shape index (κ3) is 3.55. The number of carboxylic acid groups (broad SMARTS) is 2. The number of imide groups is 1. The monoisotopic (exact) mass is 175 g/mol. The zero-order valence-corrected chi connectivity index (χ0v) is 6.27. The van der Waals surface area contributed by atoms with Crippen LogP contribution in [-0.4, -0.2) is 40.1 Å². The molecule has 6 heteroatoms. The number of amides is 2. The van der Waals surface area contributed by atoms with E-state index in [-0.39, 0.29) is 24.3 Å². The zero-order valence-electron chi connectivity index (χ0n) is 6.27. The lowest BCUT2D eigenvalue weighted by atomic mass is 10.3. The van der Waals surface area contributed by atoms with Crippen molar-refractivity contribution in [3.8, 4) is 0 Å². The molecule has 0 fully saturated rings. The molecule has 0 saturated heterocycles. The maximum Gasteiger partial charge on any atom is 0.416 e. The van der Waals surface area contributed by atoms with E-state index >= 15 is 0 Å². The molecule has 0 aliphatic carbocycles. The molecular formula is C6H9NO5. The van der Waals surface area contributed by atoms with Crippen molar-refractivity contribution in [2.75, 3.05) is 6.54 Å². The summed E-state index contributed by atoms with van der Waals surface area (Å²) in [6.45, 7) is -0.163. The highest BCUT2D eigenvalue weighted by Gasteiger charge is 2.18. The lowest BCUT2D eigenvalue weighted by Crippen LogP contribution is -2.35. The predicted octanol–water partition coefficient (Wildman–Crippen LogP) is 0.624. The summed E-state index contributed by atoms with van der Waals surface area (Å²) in [6, 6.07) is 0. The van der Waals surface area contributed by atoms with Gasteiger partial charge < -0.3 is 15.0 Å². The van der Waals surface area contributed by atoms with E-state index in [4.69, 9.17) is 10.2 Å². The summed E-state index contributed by atoms with van der Waals surface area (Å²) < 4.78 is 0. The Bertz CT molecular complexity index is 176. The lowest BCUT2D eigenvalue weighted by Gasteiger charge is -2.11. The Kier molecular flexibility index (Phi) is 4.43. The largest absolute Gasteiger partial charge is 0.465 e. The van der Waals surface area contributed by atoms with Crippen molar-refractivity contribution in [1.29, 1.82) is 0 Å². The van der Waals surface area contributed by atoms with E-state index in [0.717, 1.165) is 0 Å². The molecule has 0 aliphatic rings. The number of rotatable bonds is 4. The molecule has 2 amide bonds. The summed E-state index contributed by atoms with van der Waals surface area (Å²) in [5, 5.41) is 16.6. The van der Waals surface area contributed by atoms with Crippen molar-refractivity contribution in [3.05, 3.63) is 0 Å². The molecule has 6 nitrogen and oxygen atoms in total. The minimum atomic E-state index is -1.52. The van der Waals surface area contributed by atoms with Gasteiger partial charge in [-0.25, -0.2) is 14.5 Å². The molecule has 0 aromatic heterocycles. The minimum Gasteiger partial charge on any atom is -0.465 e. The first-order valence-electron chi connectivity index (χ1n) is 3.26. The molecule has 0 bridgehead atoms. The van der Waals surface area contributed by atoms with E-state index in [1.54, 1.807) is 0 Å². The smallest absolute Gasteiger partial charge is 0.416 e. The standard InChI is InChI=1S/C6H9NO5/c8-4-2-1-3-7(5(9)10)6(11)12/h4H,1-3H2,(H,9,10)(H,11,12). The normalized spacial score (nSPS) is 9.00. The van der Waals surface area contributed by atoms with Gasteiger partial charge in [-0.15, -0.1) is 0 Å². The molecule has 68 valence electrons. The van der Waals surface area contributed by atoms with Crippen LogP contribution in [0.4, 0.5) is 9.59 Å². The first-order chi connectivity index (χ1) is 5.59. The summed E-state index contributed by atoms with van der Waals surface area (Å²) in [5.74, 6) is 0. The SMILES string of the molecule is O=CCCCN(C(=O)O)C(=O)O. The number of carbonyl (C=O) groups is 3. The zero-order chi connectivity index (χ0) is 9.56. The number of unbranched alkanes of at least 4 members (excludes halogenated alkanes) is 1. The molecule has 12 heavy (non-hydrogen) atoms. The molecule has 0 heterocycles. The Morgan fingerprint density at radius 1 is 1.25 bits per heavy atom. The van der Waals surface area contributed by atoms with Crippen molar-refractivity contribution in [2.45, 2.75) is 12.8 Å². The second kappa shape index (κ2) is 5.11. The number of aldehydes is 1. The van der Waals surface area contributed by atoms with Crippen LogP contribution in [0.5, 0.6) is 0 Å². The third-order valence-electron chi connectivity index (χ3n) is 1.17. The van der Waals surface area contributed by atoms with Crippen LogP contribution in [-0.2, 0) is 4.79 Å². The van der Waals surface area contributed by atoms with Crippen LogP contribution >= 0.6 is 0 Å². The third-order valence-corrected chi connectivity index (χ3v) is 1.17. The first-order valence-corrected chi connectivity index (χ1v) is 3.26. The summed E-state index contributed by atoms with van der Waals surface area (Å²) in [4.78, 5) is 30.4. The number of carbonyl (C=O) groups excluding carboxylic acids is 1. The molecule has 0 radical (unpaired) electrons. The van der Waals surface area contributed by atoms with E-state index in [2.05, 4.69) is 0 Å². The van der Waals surface area contributed by atoms with Gasteiger partial charge in [-0.2, -0.15) is 0 Å². The molecular weight excluding hydrogens is 166 g/mol. The highest BCUT2D eigenvalue weighted by atomic mass is 16.4. The van der Waals surface area contributed by atoms with Crippen LogP contribution in [0, 0.1) is 0 Å². The molecule has 2 N–H and O–H groups in total. The topological polar surface area (TPSA) is 94.9 Å². The van der Waals surface area contributed by atoms with Gasteiger partial charge in [0.15, 0.2) is 0 Å². The van der Waals surface area contributed by atoms with Gasteiger partial charge in [-0.3, -0.25) is 0 Å². The van der Waals surface area contributed by atoms with Crippen molar-refractivity contribution >= 4 is 18.5 Å². The summed E-state index contributed by atoms with van der Waals surface area (Å²) in [6.07, 6.45) is -2.04. The fraction of sp³-hybridized carbons (Fsp3) is 0.500. The van der Waals surface area contributed by atoms with E-state index in [9.17, 15) is 14.4 Å². The Morgan fingerprint density at radius 2 is 1.75 bits per heavy atom. The lowest BCUT2D eigenvalue weighted by molar-refractivity contribution is -0.108. The van der Waals surface area contributed by atoms with E-state index in [0.29, 0.717) is 6.29 Å². The van der Waals surface area contributed by atoms with Crippen molar-refractivity contribution < 1.29 is 24.6 Å². The van der Waals surface area contributed by atoms with Gasteiger partial charge in [0.2, 0.25) is 0 Å². The van der Waals surface area contributed by atoms with Crippen molar-refractivity contribution in [3.63, 3.8) is 0 Å². The maximum absolute atomic E-state index is 10.2. The van der Waals surface area contributed by atoms with E-state index in [1.807, 2.05) is 0 Å². The maximum atomic E-state index is 10.2. The van der Waals surface area contributed by atoms with E-state index in [1.165, 1.54) is 0 Å². The van der Waals surface area contributed by atoms with Gasteiger partial charge in [0.1, 0.15) is 6.29 Å².